The highest BCUT2D eigenvalue weighted by molar-refractivity contribution is 6.74. The first-order valence-corrected chi connectivity index (χ1v) is 13.9. The molecule has 0 aliphatic carbocycles. The van der Waals surface area contributed by atoms with Gasteiger partial charge in [0.25, 0.3) is 0 Å². The molecule has 1 aliphatic heterocycles. The van der Waals surface area contributed by atoms with Crippen molar-refractivity contribution in [1.29, 1.82) is 0 Å². The standard InChI is InChI=1S/C25H41NO3Si/c1-10-21-20(18-28-30(8,9)25(5,6)7)16-22(23(27)29-24(2,3)4)26(21)17-19-14-12-11-13-15-19/h10-15,20-22H,1,16-18H2,2-9H3/t20-,21-,22-/m1/s1. The van der Waals surface area contributed by atoms with Gasteiger partial charge in [0.1, 0.15) is 11.6 Å². The van der Waals surface area contributed by atoms with Gasteiger partial charge >= 0.3 is 5.97 Å². The average Bonchev–Trinajstić information content (AvgIpc) is 2.96. The predicted octanol–water partition coefficient (Wildman–Crippen LogP) is 5.80. The van der Waals surface area contributed by atoms with Crippen LogP contribution in [0.4, 0.5) is 0 Å². The fraction of sp³-hybridized carbons (Fsp3) is 0.640. The lowest BCUT2D eigenvalue weighted by Crippen LogP contribution is -2.44. The van der Waals surface area contributed by atoms with E-state index in [9.17, 15) is 4.79 Å². The Hall–Kier alpha value is -1.43. The molecule has 30 heavy (non-hydrogen) atoms. The van der Waals surface area contributed by atoms with Gasteiger partial charge in [-0.15, -0.1) is 6.58 Å². The van der Waals surface area contributed by atoms with Crippen molar-refractivity contribution in [3.05, 3.63) is 48.6 Å². The van der Waals surface area contributed by atoms with Crippen molar-refractivity contribution >= 4 is 14.3 Å². The molecule has 0 unspecified atom stereocenters. The van der Waals surface area contributed by atoms with Crippen LogP contribution in [0.1, 0.15) is 53.5 Å². The lowest BCUT2D eigenvalue weighted by Gasteiger charge is -2.37. The Morgan fingerprint density at radius 3 is 2.27 bits per heavy atom. The summed E-state index contributed by atoms with van der Waals surface area (Å²) in [7, 11) is -1.87. The van der Waals surface area contributed by atoms with E-state index in [2.05, 4.69) is 57.5 Å². The third kappa shape index (κ3) is 6.28. The molecule has 1 fully saturated rings. The molecule has 0 spiro atoms. The Kier molecular flexibility index (Phi) is 7.76. The number of likely N-dealkylation sites (tertiary alicyclic amines) is 1. The van der Waals surface area contributed by atoms with Crippen molar-refractivity contribution in [2.45, 2.75) is 90.3 Å². The molecular formula is C25H41NO3Si. The minimum atomic E-state index is -1.87. The average molecular weight is 432 g/mol. The summed E-state index contributed by atoms with van der Waals surface area (Å²) in [6.45, 7) is 22.5. The number of ether oxygens (including phenoxy) is 1. The van der Waals surface area contributed by atoms with E-state index in [1.165, 1.54) is 5.56 Å². The molecule has 0 N–H and O–H groups in total. The molecule has 5 heteroatoms. The lowest BCUT2D eigenvalue weighted by molar-refractivity contribution is -0.160. The van der Waals surface area contributed by atoms with Gasteiger partial charge in [-0.1, -0.05) is 57.2 Å². The van der Waals surface area contributed by atoms with E-state index < -0.39 is 13.9 Å². The van der Waals surface area contributed by atoms with Crippen molar-refractivity contribution in [2.24, 2.45) is 5.92 Å². The van der Waals surface area contributed by atoms with E-state index in [4.69, 9.17) is 9.16 Å². The van der Waals surface area contributed by atoms with Crippen LogP contribution in [0.25, 0.3) is 0 Å². The van der Waals surface area contributed by atoms with Gasteiger partial charge in [-0.25, -0.2) is 0 Å². The third-order valence-electron chi connectivity index (χ3n) is 6.39. The Morgan fingerprint density at radius 2 is 1.77 bits per heavy atom. The fourth-order valence-corrected chi connectivity index (χ4v) is 4.74. The number of rotatable bonds is 7. The lowest BCUT2D eigenvalue weighted by atomic mass is 10.00. The van der Waals surface area contributed by atoms with Crippen LogP contribution < -0.4 is 0 Å². The van der Waals surface area contributed by atoms with E-state index in [0.29, 0.717) is 13.2 Å². The van der Waals surface area contributed by atoms with Crippen molar-refractivity contribution < 1.29 is 14.0 Å². The van der Waals surface area contributed by atoms with E-state index >= 15 is 0 Å². The second kappa shape index (κ2) is 9.37. The molecule has 1 aromatic rings. The highest BCUT2D eigenvalue weighted by Gasteiger charge is 2.46. The van der Waals surface area contributed by atoms with E-state index in [0.717, 1.165) is 6.42 Å². The maximum atomic E-state index is 13.1. The topological polar surface area (TPSA) is 38.8 Å². The zero-order chi connectivity index (χ0) is 22.7. The minimum Gasteiger partial charge on any atom is -0.459 e. The molecular weight excluding hydrogens is 390 g/mol. The van der Waals surface area contributed by atoms with Gasteiger partial charge in [0.2, 0.25) is 0 Å². The molecule has 168 valence electrons. The smallest absolute Gasteiger partial charge is 0.323 e. The molecule has 3 atom stereocenters. The normalized spacial score (nSPS) is 23.4. The number of nitrogens with zero attached hydrogens (tertiary/aromatic N) is 1. The number of hydrogen-bond donors (Lipinski definition) is 0. The molecule has 0 amide bonds. The van der Waals surface area contributed by atoms with Gasteiger partial charge < -0.3 is 9.16 Å². The Balaban J connectivity index is 2.25. The maximum Gasteiger partial charge on any atom is 0.323 e. The van der Waals surface area contributed by atoms with Crippen LogP contribution in [0, 0.1) is 5.92 Å². The summed E-state index contributed by atoms with van der Waals surface area (Å²) in [4.78, 5) is 15.3. The van der Waals surface area contributed by atoms with Crippen LogP contribution in [0.3, 0.4) is 0 Å². The summed E-state index contributed by atoms with van der Waals surface area (Å²) in [5.74, 6) is 0.0676. The van der Waals surface area contributed by atoms with Crippen LogP contribution >= 0.6 is 0 Å². The van der Waals surface area contributed by atoms with Gasteiger partial charge in [-0.2, -0.15) is 0 Å². The molecule has 0 radical (unpaired) electrons. The van der Waals surface area contributed by atoms with Gasteiger partial charge in [0.15, 0.2) is 8.32 Å². The summed E-state index contributed by atoms with van der Waals surface area (Å²) in [5.41, 5.74) is 0.679. The molecule has 2 rings (SSSR count). The molecule has 1 saturated heterocycles. The van der Waals surface area contributed by atoms with Crippen LogP contribution in [0.15, 0.2) is 43.0 Å². The summed E-state index contributed by atoms with van der Waals surface area (Å²) < 4.78 is 12.3. The summed E-state index contributed by atoms with van der Waals surface area (Å²) in [5, 5.41) is 0.156. The minimum absolute atomic E-state index is 0.0764. The zero-order valence-corrected chi connectivity index (χ0v) is 21.2. The first kappa shape index (κ1) is 24.8. The number of benzene rings is 1. The number of carbonyl (C=O) groups is 1. The van der Waals surface area contributed by atoms with E-state index in [1.54, 1.807) is 0 Å². The van der Waals surface area contributed by atoms with Crippen molar-refractivity contribution in [3.8, 4) is 0 Å². The van der Waals surface area contributed by atoms with Gasteiger partial charge in [-0.3, -0.25) is 9.69 Å². The summed E-state index contributed by atoms with van der Waals surface area (Å²) >= 11 is 0. The SMILES string of the molecule is C=C[C@@H]1[C@@H](CO[Si](C)(C)C(C)(C)C)C[C@H](C(=O)OC(C)(C)C)N1Cc1ccccc1. The zero-order valence-electron chi connectivity index (χ0n) is 20.2. The van der Waals surface area contributed by atoms with Crippen molar-refractivity contribution in [3.63, 3.8) is 0 Å². The fourth-order valence-electron chi connectivity index (χ4n) is 3.68. The van der Waals surface area contributed by atoms with E-state index in [-0.39, 0.29) is 29.0 Å². The second-order valence-corrected chi connectivity index (χ2v) is 15.8. The largest absolute Gasteiger partial charge is 0.459 e. The third-order valence-corrected chi connectivity index (χ3v) is 10.9. The predicted molar refractivity (Wildman–Crippen MR) is 127 cm³/mol. The molecule has 0 aromatic heterocycles. The monoisotopic (exact) mass is 431 g/mol. The second-order valence-electron chi connectivity index (χ2n) is 11.0. The number of carbonyl (C=O) groups excluding carboxylic acids is 1. The summed E-state index contributed by atoms with van der Waals surface area (Å²) in [6.07, 6.45) is 2.71. The van der Waals surface area contributed by atoms with Crippen LogP contribution in [0.5, 0.6) is 0 Å². The van der Waals surface area contributed by atoms with Gasteiger partial charge in [0, 0.05) is 25.1 Å². The van der Waals surface area contributed by atoms with Crippen LogP contribution in [-0.4, -0.2) is 43.5 Å². The first-order chi connectivity index (χ1) is 13.7. The number of hydrogen-bond acceptors (Lipinski definition) is 4. The molecule has 1 heterocycles. The van der Waals surface area contributed by atoms with Crippen LogP contribution in [0.2, 0.25) is 18.1 Å². The quantitative estimate of drug-likeness (QED) is 0.311. The molecule has 1 aliphatic rings. The Bertz CT molecular complexity index is 718. The molecule has 0 bridgehead atoms. The number of esters is 1. The van der Waals surface area contributed by atoms with Crippen LogP contribution in [-0.2, 0) is 20.5 Å². The summed E-state index contributed by atoms with van der Waals surface area (Å²) in [6, 6.07) is 10.1. The van der Waals surface area contributed by atoms with E-state index in [1.807, 2.05) is 45.0 Å². The van der Waals surface area contributed by atoms with Crippen molar-refractivity contribution in [2.75, 3.05) is 6.61 Å². The molecule has 4 nitrogen and oxygen atoms in total. The molecule has 1 aromatic carbocycles. The highest BCUT2D eigenvalue weighted by atomic mass is 28.4. The molecule has 0 saturated carbocycles. The first-order valence-electron chi connectivity index (χ1n) is 11.0. The maximum absolute atomic E-state index is 13.1. The Labute approximate surface area is 184 Å². The highest BCUT2D eigenvalue weighted by Crippen LogP contribution is 2.39. The van der Waals surface area contributed by atoms with Gasteiger partial charge in [0.05, 0.1) is 0 Å². The van der Waals surface area contributed by atoms with Crippen molar-refractivity contribution in [1.82, 2.24) is 4.90 Å². The van der Waals surface area contributed by atoms with Gasteiger partial charge in [-0.05, 0) is 50.9 Å². The Morgan fingerprint density at radius 1 is 1.17 bits per heavy atom.